The summed E-state index contributed by atoms with van der Waals surface area (Å²) in [6.07, 6.45) is 6.85. The van der Waals surface area contributed by atoms with Crippen LogP contribution >= 0.6 is 0 Å². The molecule has 0 saturated carbocycles. The Morgan fingerprint density at radius 2 is 2.00 bits per heavy atom. The Labute approximate surface area is 171 Å². The first-order chi connectivity index (χ1) is 13.9. The van der Waals surface area contributed by atoms with Gasteiger partial charge in [0.2, 0.25) is 5.89 Å². The van der Waals surface area contributed by atoms with Crippen molar-refractivity contribution in [3.63, 3.8) is 0 Å². The Morgan fingerprint density at radius 3 is 2.72 bits per heavy atom. The zero-order chi connectivity index (χ0) is 20.4. The molecular formula is C19H29N5O4S. The van der Waals surface area contributed by atoms with Crippen molar-refractivity contribution < 1.29 is 17.7 Å². The first kappa shape index (κ1) is 20.5. The average molecular weight is 424 g/mol. The van der Waals surface area contributed by atoms with Gasteiger partial charge in [0, 0.05) is 51.9 Å². The van der Waals surface area contributed by atoms with Crippen molar-refractivity contribution >= 4 is 10.0 Å². The molecule has 10 heteroatoms. The monoisotopic (exact) mass is 423 g/mol. The molecule has 1 unspecified atom stereocenters. The molecule has 2 aliphatic heterocycles. The molecule has 0 amide bonds. The van der Waals surface area contributed by atoms with Crippen LogP contribution in [0.1, 0.15) is 55.6 Å². The molecule has 2 fully saturated rings. The third-order valence-corrected chi connectivity index (χ3v) is 7.74. The molecule has 0 radical (unpaired) electrons. The van der Waals surface area contributed by atoms with Crippen LogP contribution in [0.2, 0.25) is 0 Å². The predicted octanol–water partition coefficient (Wildman–Crippen LogP) is 2.04. The van der Waals surface area contributed by atoms with Crippen molar-refractivity contribution in [1.82, 2.24) is 24.0 Å². The fourth-order valence-corrected chi connectivity index (χ4v) is 5.66. The van der Waals surface area contributed by atoms with E-state index < -0.39 is 10.0 Å². The Balaban J connectivity index is 1.35. The zero-order valence-corrected chi connectivity index (χ0v) is 17.9. The molecule has 2 aromatic heterocycles. The summed E-state index contributed by atoms with van der Waals surface area (Å²) in [4.78, 5) is 8.78. The van der Waals surface area contributed by atoms with Gasteiger partial charge in [-0.05, 0) is 44.9 Å². The quantitative estimate of drug-likeness (QED) is 0.700. The molecule has 4 rings (SSSR count). The molecule has 0 aliphatic carbocycles. The molecule has 29 heavy (non-hydrogen) atoms. The number of sulfonamides is 1. The molecular weight excluding hydrogens is 394 g/mol. The van der Waals surface area contributed by atoms with Crippen LogP contribution in [-0.2, 0) is 28.2 Å². The molecule has 0 bridgehead atoms. The highest BCUT2D eigenvalue weighted by Crippen LogP contribution is 2.28. The van der Waals surface area contributed by atoms with Gasteiger partial charge < -0.3 is 13.8 Å². The van der Waals surface area contributed by atoms with Gasteiger partial charge in [-0.25, -0.2) is 13.4 Å². The van der Waals surface area contributed by atoms with Gasteiger partial charge in [0.1, 0.15) is 5.82 Å². The Morgan fingerprint density at radius 1 is 1.21 bits per heavy atom. The third kappa shape index (κ3) is 4.54. The van der Waals surface area contributed by atoms with Gasteiger partial charge in [-0.2, -0.15) is 9.29 Å². The van der Waals surface area contributed by atoms with Crippen molar-refractivity contribution in [2.24, 2.45) is 13.0 Å². The van der Waals surface area contributed by atoms with E-state index in [1.807, 2.05) is 0 Å². The van der Waals surface area contributed by atoms with Gasteiger partial charge in [0.15, 0.2) is 10.9 Å². The van der Waals surface area contributed by atoms with Crippen molar-refractivity contribution in [2.45, 2.75) is 56.4 Å². The van der Waals surface area contributed by atoms with E-state index in [2.05, 4.69) is 15.1 Å². The van der Waals surface area contributed by atoms with Crippen molar-refractivity contribution in [1.29, 1.82) is 0 Å². The molecule has 160 valence electrons. The van der Waals surface area contributed by atoms with Crippen LogP contribution in [0.15, 0.2) is 15.7 Å². The lowest BCUT2D eigenvalue weighted by Crippen LogP contribution is -2.40. The normalized spacial score (nSPS) is 22.2. The minimum Gasteiger partial charge on any atom is -0.381 e. The van der Waals surface area contributed by atoms with E-state index in [-0.39, 0.29) is 10.9 Å². The minimum absolute atomic E-state index is 0.137. The van der Waals surface area contributed by atoms with Crippen molar-refractivity contribution in [3.8, 4) is 0 Å². The highest BCUT2D eigenvalue weighted by atomic mass is 32.2. The lowest BCUT2D eigenvalue weighted by molar-refractivity contribution is 0.0778. The maximum absolute atomic E-state index is 13.0. The number of imidazole rings is 1. The molecule has 0 aromatic carbocycles. The number of hydrogen-bond donors (Lipinski definition) is 0. The van der Waals surface area contributed by atoms with Crippen LogP contribution in [0.5, 0.6) is 0 Å². The van der Waals surface area contributed by atoms with Crippen LogP contribution in [0.3, 0.4) is 0 Å². The summed E-state index contributed by atoms with van der Waals surface area (Å²) in [6, 6.07) is 0. The van der Waals surface area contributed by atoms with E-state index in [0.29, 0.717) is 43.0 Å². The maximum Gasteiger partial charge on any atom is 0.262 e. The summed E-state index contributed by atoms with van der Waals surface area (Å²) in [5.74, 6) is 2.69. The fraction of sp³-hybridized carbons (Fsp3) is 0.737. The Bertz CT molecular complexity index is 913. The van der Waals surface area contributed by atoms with E-state index in [0.717, 1.165) is 45.3 Å². The van der Waals surface area contributed by atoms with Gasteiger partial charge >= 0.3 is 0 Å². The summed E-state index contributed by atoms with van der Waals surface area (Å²) in [7, 11) is -1.74. The number of piperidine rings is 1. The van der Waals surface area contributed by atoms with E-state index >= 15 is 0 Å². The minimum atomic E-state index is -3.55. The molecule has 4 heterocycles. The summed E-state index contributed by atoms with van der Waals surface area (Å²) < 4.78 is 40.1. The van der Waals surface area contributed by atoms with Crippen LogP contribution in [0.4, 0.5) is 0 Å². The first-order valence-corrected chi connectivity index (χ1v) is 11.8. The van der Waals surface area contributed by atoms with Gasteiger partial charge in [-0.3, -0.25) is 0 Å². The second kappa shape index (κ2) is 8.53. The number of rotatable bonds is 6. The highest BCUT2D eigenvalue weighted by Gasteiger charge is 2.32. The van der Waals surface area contributed by atoms with Crippen molar-refractivity contribution in [2.75, 3.05) is 26.3 Å². The van der Waals surface area contributed by atoms with Gasteiger partial charge in [-0.15, -0.1) is 0 Å². The summed E-state index contributed by atoms with van der Waals surface area (Å²) in [6.45, 7) is 4.35. The van der Waals surface area contributed by atoms with Crippen LogP contribution in [0, 0.1) is 12.8 Å². The van der Waals surface area contributed by atoms with E-state index in [9.17, 15) is 8.42 Å². The Kier molecular flexibility index (Phi) is 6.03. The molecule has 2 aliphatic rings. The zero-order valence-electron chi connectivity index (χ0n) is 17.1. The second-order valence-corrected chi connectivity index (χ2v) is 9.97. The van der Waals surface area contributed by atoms with Crippen molar-refractivity contribution in [3.05, 3.63) is 23.7 Å². The molecule has 9 nitrogen and oxygen atoms in total. The smallest absolute Gasteiger partial charge is 0.262 e. The van der Waals surface area contributed by atoms with Gasteiger partial charge in [0.05, 0.1) is 0 Å². The second-order valence-electron chi connectivity index (χ2n) is 8.08. The number of hydrogen-bond acceptors (Lipinski definition) is 7. The molecule has 0 spiro atoms. The third-order valence-electron chi connectivity index (χ3n) is 6.00. The molecule has 2 saturated heterocycles. The standard InChI is InChI=1S/C19H29N5O4S/c1-14-20-18(13-23(14)2)29(25,26)24-9-3-4-15(12-24)5-6-17-21-19(28-22-17)16-7-10-27-11-8-16/h13,15-16H,3-12H2,1-2H3. The summed E-state index contributed by atoms with van der Waals surface area (Å²) >= 11 is 0. The van der Waals surface area contributed by atoms with Crippen LogP contribution in [-0.4, -0.2) is 58.7 Å². The molecule has 2 aromatic rings. The topological polar surface area (TPSA) is 103 Å². The van der Waals surface area contributed by atoms with E-state index in [4.69, 9.17) is 9.26 Å². The number of ether oxygens (including phenoxy) is 1. The molecule has 1 atom stereocenters. The predicted molar refractivity (Wildman–Crippen MR) is 105 cm³/mol. The largest absolute Gasteiger partial charge is 0.381 e. The van der Waals surface area contributed by atoms with Crippen LogP contribution in [0.25, 0.3) is 0 Å². The van der Waals surface area contributed by atoms with E-state index in [1.54, 1.807) is 29.0 Å². The number of aryl methyl sites for hydroxylation is 3. The van der Waals surface area contributed by atoms with Gasteiger partial charge in [-0.1, -0.05) is 5.16 Å². The summed E-state index contributed by atoms with van der Waals surface area (Å²) in [5.41, 5.74) is 0. The number of aromatic nitrogens is 4. The summed E-state index contributed by atoms with van der Waals surface area (Å²) in [5, 5.41) is 4.27. The fourth-order valence-electron chi connectivity index (χ4n) is 4.08. The SMILES string of the molecule is Cc1nc(S(=O)(=O)N2CCCC(CCc3noc(C4CCOCC4)n3)C2)cn1C. The van der Waals surface area contributed by atoms with Crippen LogP contribution < -0.4 is 0 Å². The lowest BCUT2D eigenvalue weighted by Gasteiger charge is -2.31. The lowest BCUT2D eigenvalue weighted by atomic mass is 9.94. The highest BCUT2D eigenvalue weighted by molar-refractivity contribution is 7.89. The van der Waals surface area contributed by atoms with E-state index in [1.165, 1.54) is 0 Å². The van der Waals surface area contributed by atoms with Gasteiger partial charge in [0.25, 0.3) is 10.0 Å². The average Bonchev–Trinajstić information content (AvgIpc) is 3.34. The Hall–Kier alpha value is -1.78. The first-order valence-electron chi connectivity index (χ1n) is 10.3. The number of nitrogens with zero attached hydrogens (tertiary/aromatic N) is 5. The maximum atomic E-state index is 13.0. The molecule has 0 N–H and O–H groups in total.